The van der Waals surface area contributed by atoms with Crippen molar-refractivity contribution in [2.24, 2.45) is 5.92 Å². The predicted molar refractivity (Wildman–Crippen MR) is 113 cm³/mol. The molecule has 1 saturated heterocycles. The van der Waals surface area contributed by atoms with E-state index in [2.05, 4.69) is 23.7 Å². The molecule has 2 aromatic rings. The highest BCUT2D eigenvalue weighted by Gasteiger charge is 2.21. The number of H-pyrrole nitrogens is 1. The average Bonchev–Trinajstić information content (AvgIpc) is 2.89. The van der Waals surface area contributed by atoms with Crippen LogP contribution in [0.4, 0.5) is 0 Å². The molecule has 0 spiro atoms. The summed E-state index contributed by atoms with van der Waals surface area (Å²) < 4.78 is 3.63. The van der Waals surface area contributed by atoms with Crippen molar-refractivity contribution in [3.05, 3.63) is 26.7 Å². The number of nitrogens with one attached hydrogen (secondary N) is 1. The average molecular weight is 390 g/mol. The summed E-state index contributed by atoms with van der Waals surface area (Å²) in [4.78, 5) is 34.6. The van der Waals surface area contributed by atoms with Crippen LogP contribution in [0.3, 0.4) is 0 Å². The van der Waals surface area contributed by atoms with E-state index in [0.717, 1.165) is 44.2 Å². The predicted octanol–water partition coefficient (Wildman–Crippen LogP) is 3.11. The molecule has 1 N–H and O–H groups in total. The molecule has 1 aliphatic heterocycles. The van der Waals surface area contributed by atoms with Crippen LogP contribution in [0.2, 0.25) is 0 Å². The lowest BCUT2D eigenvalue weighted by Gasteiger charge is -2.20. The second-order valence-electron chi connectivity index (χ2n) is 8.07. The smallest absolute Gasteiger partial charge is 0.321 e. The van der Waals surface area contributed by atoms with Gasteiger partial charge >= 0.3 is 5.69 Å². The van der Waals surface area contributed by atoms with Crippen LogP contribution in [0.15, 0.2) is 9.59 Å². The van der Waals surface area contributed by atoms with Crippen LogP contribution in [0.1, 0.15) is 71.5 Å². The molecule has 0 radical (unpaired) electrons. The van der Waals surface area contributed by atoms with Gasteiger partial charge < -0.3 is 4.57 Å². The summed E-state index contributed by atoms with van der Waals surface area (Å²) in [5.74, 6) is 1.73. The van der Waals surface area contributed by atoms with Crippen molar-refractivity contribution >= 4 is 11.2 Å². The molecule has 1 aliphatic rings. The van der Waals surface area contributed by atoms with Gasteiger partial charge in [-0.15, -0.1) is 0 Å². The largest absolute Gasteiger partial charge is 0.330 e. The van der Waals surface area contributed by atoms with E-state index in [-0.39, 0.29) is 11.2 Å². The molecular weight excluding hydrogens is 354 g/mol. The van der Waals surface area contributed by atoms with Crippen LogP contribution in [-0.4, -0.2) is 37.1 Å². The van der Waals surface area contributed by atoms with Gasteiger partial charge in [0.25, 0.3) is 5.56 Å². The van der Waals surface area contributed by atoms with Crippen molar-refractivity contribution in [2.45, 2.75) is 85.4 Å². The summed E-state index contributed by atoms with van der Waals surface area (Å²) in [5, 5.41) is 0. The second kappa shape index (κ2) is 9.54. The number of aromatic amines is 1. The zero-order valence-electron chi connectivity index (χ0n) is 17.7. The number of fused-ring (bicyclic) bond motifs is 1. The third-order valence-electron chi connectivity index (χ3n) is 6.02. The number of likely N-dealkylation sites (tertiary alicyclic amines) is 1. The van der Waals surface area contributed by atoms with E-state index >= 15 is 0 Å². The lowest BCUT2D eigenvalue weighted by molar-refractivity contribution is 0.261. The molecule has 28 heavy (non-hydrogen) atoms. The van der Waals surface area contributed by atoms with Gasteiger partial charge in [-0.3, -0.25) is 19.2 Å². The van der Waals surface area contributed by atoms with Crippen molar-refractivity contribution < 1.29 is 0 Å². The molecule has 7 nitrogen and oxygen atoms in total. The molecule has 7 heteroatoms. The Morgan fingerprint density at radius 1 is 1.07 bits per heavy atom. The highest BCUT2D eigenvalue weighted by molar-refractivity contribution is 5.70. The fraction of sp³-hybridized carbons (Fsp3) is 0.762. The van der Waals surface area contributed by atoms with Gasteiger partial charge in [0, 0.05) is 13.1 Å². The molecule has 0 bridgehead atoms. The topological polar surface area (TPSA) is 75.9 Å². The Kier molecular flexibility index (Phi) is 7.10. The first kappa shape index (κ1) is 20.8. The van der Waals surface area contributed by atoms with Gasteiger partial charge in [-0.05, 0) is 51.6 Å². The maximum Gasteiger partial charge on any atom is 0.330 e. The summed E-state index contributed by atoms with van der Waals surface area (Å²) in [6, 6.07) is 0. The highest BCUT2D eigenvalue weighted by Crippen LogP contribution is 2.23. The molecule has 3 heterocycles. The monoisotopic (exact) mass is 389 g/mol. The second-order valence-corrected chi connectivity index (χ2v) is 8.07. The molecule has 2 aromatic heterocycles. The van der Waals surface area contributed by atoms with E-state index < -0.39 is 0 Å². The minimum absolute atomic E-state index is 0.327. The quantitative estimate of drug-likeness (QED) is 0.753. The van der Waals surface area contributed by atoms with E-state index in [1.165, 1.54) is 32.1 Å². The number of hydrogen-bond donors (Lipinski definition) is 1. The summed E-state index contributed by atoms with van der Waals surface area (Å²) in [6.07, 6.45) is 8.22. The van der Waals surface area contributed by atoms with Gasteiger partial charge in [-0.2, -0.15) is 0 Å². The van der Waals surface area contributed by atoms with E-state index in [1.807, 2.05) is 11.5 Å². The number of unbranched alkanes of at least 4 members (excludes halogenated alkanes) is 1. The first-order chi connectivity index (χ1) is 13.6. The van der Waals surface area contributed by atoms with Crippen LogP contribution in [0, 0.1) is 5.92 Å². The number of aromatic nitrogens is 4. The van der Waals surface area contributed by atoms with Gasteiger partial charge in [0.05, 0.1) is 6.54 Å². The van der Waals surface area contributed by atoms with E-state index in [0.29, 0.717) is 24.3 Å². The minimum atomic E-state index is -0.351. The van der Waals surface area contributed by atoms with Gasteiger partial charge in [-0.25, -0.2) is 9.78 Å². The molecule has 0 amide bonds. The third kappa shape index (κ3) is 4.40. The van der Waals surface area contributed by atoms with Crippen LogP contribution in [-0.2, 0) is 19.6 Å². The fourth-order valence-corrected chi connectivity index (χ4v) is 4.48. The minimum Gasteiger partial charge on any atom is -0.321 e. The van der Waals surface area contributed by atoms with Gasteiger partial charge in [-0.1, -0.05) is 33.1 Å². The Labute approximate surface area is 166 Å². The van der Waals surface area contributed by atoms with Crippen molar-refractivity contribution in [3.63, 3.8) is 0 Å². The molecule has 156 valence electrons. The van der Waals surface area contributed by atoms with Gasteiger partial charge in [0.1, 0.15) is 5.82 Å². The van der Waals surface area contributed by atoms with Crippen LogP contribution < -0.4 is 11.2 Å². The van der Waals surface area contributed by atoms with Crippen LogP contribution in [0.25, 0.3) is 11.2 Å². The normalized spacial score (nSPS) is 18.6. The number of rotatable bonds is 8. The first-order valence-electron chi connectivity index (χ1n) is 11.0. The Bertz CT molecular complexity index is 895. The SMILES string of the molecule is CCCCn1c(=O)[nH]c(=O)c2c1nc(CN1CCCC(CCC)CC1)n2CC. The summed E-state index contributed by atoms with van der Waals surface area (Å²) in [6.45, 7) is 10.5. The molecular formula is C21H35N5O2. The fourth-order valence-electron chi connectivity index (χ4n) is 4.48. The zero-order chi connectivity index (χ0) is 20.1. The van der Waals surface area contributed by atoms with Crippen molar-refractivity contribution in [1.29, 1.82) is 0 Å². The summed E-state index contributed by atoms with van der Waals surface area (Å²) in [5.41, 5.74) is 0.396. The number of imidazole rings is 1. The van der Waals surface area contributed by atoms with E-state index in [9.17, 15) is 9.59 Å². The Morgan fingerprint density at radius 3 is 2.61 bits per heavy atom. The number of aryl methyl sites for hydroxylation is 2. The Hall–Kier alpha value is -1.89. The Balaban J connectivity index is 1.92. The van der Waals surface area contributed by atoms with Gasteiger partial charge in [0.15, 0.2) is 11.2 Å². The van der Waals surface area contributed by atoms with Gasteiger partial charge in [0.2, 0.25) is 0 Å². The standard InChI is InChI=1S/C21H35N5O2/c1-4-7-13-26-19-18(20(27)23-21(26)28)25(6-3)17(22-19)15-24-12-8-10-16(9-5-2)11-14-24/h16H,4-15H2,1-3H3,(H,23,27,28). The molecule has 1 unspecified atom stereocenters. The maximum absolute atomic E-state index is 12.5. The third-order valence-corrected chi connectivity index (χ3v) is 6.02. The van der Waals surface area contributed by atoms with E-state index in [4.69, 9.17) is 4.98 Å². The van der Waals surface area contributed by atoms with Crippen LogP contribution in [0.5, 0.6) is 0 Å². The highest BCUT2D eigenvalue weighted by atomic mass is 16.2. The first-order valence-corrected chi connectivity index (χ1v) is 11.0. The molecule has 3 rings (SSSR count). The van der Waals surface area contributed by atoms with Crippen molar-refractivity contribution in [2.75, 3.05) is 13.1 Å². The molecule has 0 aliphatic carbocycles. The summed E-state index contributed by atoms with van der Waals surface area (Å²) >= 11 is 0. The lowest BCUT2D eigenvalue weighted by Crippen LogP contribution is -2.31. The zero-order valence-corrected chi connectivity index (χ0v) is 17.7. The van der Waals surface area contributed by atoms with Crippen molar-refractivity contribution in [3.8, 4) is 0 Å². The molecule has 0 saturated carbocycles. The maximum atomic E-state index is 12.5. The Morgan fingerprint density at radius 2 is 1.89 bits per heavy atom. The molecule has 1 fully saturated rings. The number of nitrogens with zero attached hydrogens (tertiary/aromatic N) is 4. The van der Waals surface area contributed by atoms with Crippen molar-refractivity contribution in [1.82, 2.24) is 24.0 Å². The lowest BCUT2D eigenvalue weighted by atomic mass is 9.96. The number of hydrogen-bond acceptors (Lipinski definition) is 4. The molecule has 0 aromatic carbocycles. The van der Waals surface area contributed by atoms with E-state index in [1.54, 1.807) is 4.57 Å². The summed E-state index contributed by atoms with van der Waals surface area (Å²) in [7, 11) is 0. The molecule has 1 atom stereocenters. The van der Waals surface area contributed by atoms with Crippen LogP contribution >= 0.6 is 0 Å².